The number of hydrogen-bond donors (Lipinski definition) is 1. The zero-order valence-electron chi connectivity index (χ0n) is 15.1. The third-order valence-corrected chi connectivity index (χ3v) is 4.37. The van der Waals surface area contributed by atoms with Gasteiger partial charge >= 0.3 is 0 Å². The first-order valence-electron chi connectivity index (χ1n) is 8.17. The summed E-state index contributed by atoms with van der Waals surface area (Å²) < 4.78 is 7.94. The van der Waals surface area contributed by atoms with E-state index in [0.717, 1.165) is 15.9 Å². The molecule has 3 aromatic rings. The maximum Gasteiger partial charge on any atom is 0.255 e. The van der Waals surface area contributed by atoms with E-state index in [1.165, 1.54) is 0 Å². The number of nitrogens with zero attached hydrogens (tertiary/aromatic N) is 4. The molecule has 1 amide bonds. The fourth-order valence-electron chi connectivity index (χ4n) is 2.36. The Labute approximate surface area is 159 Å². The van der Waals surface area contributed by atoms with Gasteiger partial charge in [0, 0.05) is 9.89 Å². The summed E-state index contributed by atoms with van der Waals surface area (Å²) in [7, 11) is 0. The van der Waals surface area contributed by atoms with Crippen molar-refractivity contribution in [2.24, 2.45) is 0 Å². The number of amides is 1. The van der Waals surface area contributed by atoms with Gasteiger partial charge in [0.15, 0.2) is 5.82 Å². The molecule has 0 saturated carbocycles. The van der Waals surface area contributed by atoms with E-state index in [1.807, 2.05) is 52.0 Å². The molecule has 0 bridgehead atoms. The molecular weight excluding hydrogens is 398 g/mol. The lowest BCUT2D eigenvalue weighted by Gasteiger charge is -2.10. The average molecular weight is 418 g/mol. The highest BCUT2D eigenvalue weighted by Crippen LogP contribution is 2.20. The van der Waals surface area contributed by atoms with Crippen molar-refractivity contribution in [1.29, 1.82) is 0 Å². The number of carbonyl (C=O) groups is 1. The molecule has 2 aromatic heterocycles. The molecule has 3 rings (SSSR count). The quantitative estimate of drug-likeness (QED) is 0.701. The highest BCUT2D eigenvalue weighted by molar-refractivity contribution is 9.10. The van der Waals surface area contributed by atoms with E-state index < -0.39 is 0 Å². The Hall–Kier alpha value is -2.48. The van der Waals surface area contributed by atoms with Gasteiger partial charge in [0.25, 0.3) is 5.91 Å². The summed E-state index contributed by atoms with van der Waals surface area (Å²) in [6, 6.07) is 7.72. The van der Waals surface area contributed by atoms with E-state index in [-0.39, 0.29) is 17.9 Å². The van der Waals surface area contributed by atoms with E-state index in [0.29, 0.717) is 17.3 Å². The SMILES string of the molecule is Cc1c(C(=O)NCc2noc(C(C)(C)C)n2)cnn1-c1ccc(Br)cc1. The van der Waals surface area contributed by atoms with Crippen molar-refractivity contribution in [2.75, 3.05) is 0 Å². The average Bonchev–Trinajstić information content (AvgIpc) is 3.20. The third kappa shape index (κ3) is 3.85. The lowest BCUT2D eigenvalue weighted by Crippen LogP contribution is -2.24. The number of benzene rings is 1. The summed E-state index contributed by atoms with van der Waals surface area (Å²) in [5.41, 5.74) is 1.93. The van der Waals surface area contributed by atoms with Gasteiger partial charge < -0.3 is 9.84 Å². The van der Waals surface area contributed by atoms with Crippen LogP contribution in [0.3, 0.4) is 0 Å². The van der Waals surface area contributed by atoms with E-state index >= 15 is 0 Å². The summed E-state index contributed by atoms with van der Waals surface area (Å²) in [6.45, 7) is 8.02. The Morgan fingerprint density at radius 2 is 1.96 bits per heavy atom. The first kappa shape index (κ1) is 18.3. The molecule has 0 aliphatic heterocycles. The van der Waals surface area contributed by atoms with Crippen LogP contribution in [0.15, 0.2) is 39.5 Å². The van der Waals surface area contributed by atoms with Gasteiger partial charge in [-0.1, -0.05) is 41.9 Å². The number of hydrogen-bond acceptors (Lipinski definition) is 5. The van der Waals surface area contributed by atoms with Crippen molar-refractivity contribution in [3.63, 3.8) is 0 Å². The van der Waals surface area contributed by atoms with Gasteiger partial charge in [-0.05, 0) is 31.2 Å². The van der Waals surface area contributed by atoms with Crippen LogP contribution in [0.25, 0.3) is 5.69 Å². The van der Waals surface area contributed by atoms with E-state index in [2.05, 4.69) is 36.5 Å². The van der Waals surface area contributed by atoms with Crippen molar-refractivity contribution in [3.05, 3.63) is 57.9 Å². The van der Waals surface area contributed by atoms with Crippen LogP contribution < -0.4 is 5.32 Å². The van der Waals surface area contributed by atoms with Gasteiger partial charge in [0.2, 0.25) is 5.89 Å². The molecule has 7 nitrogen and oxygen atoms in total. The maximum atomic E-state index is 12.5. The zero-order valence-corrected chi connectivity index (χ0v) is 16.7. The van der Waals surface area contributed by atoms with Crippen LogP contribution in [-0.2, 0) is 12.0 Å². The van der Waals surface area contributed by atoms with Gasteiger partial charge in [0.05, 0.1) is 29.7 Å². The van der Waals surface area contributed by atoms with Gasteiger partial charge in [-0.15, -0.1) is 0 Å². The van der Waals surface area contributed by atoms with E-state index in [4.69, 9.17) is 4.52 Å². The molecule has 0 atom stereocenters. The van der Waals surface area contributed by atoms with Crippen LogP contribution in [0.2, 0.25) is 0 Å². The Morgan fingerprint density at radius 3 is 2.58 bits per heavy atom. The minimum absolute atomic E-state index is 0.196. The summed E-state index contributed by atoms with van der Waals surface area (Å²) in [6.07, 6.45) is 1.56. The molecule has 0 aliphatic carbocycles. The minimum Gasteiger partial charge on any atom is -0.344 e. The van der Waals surface area contributed by atoms with E-state index in [9.17, 15) is 4.79 Å². The summed E-state index contributed by atoms with van der Waals surface area (Å²) >= 11 is 3.41. The van der Waals surface area contributed by atoms with Gasteiger partial charge in [-0.25, -0.2) is 4.68 Å². The number of carbonyl (C=O) groups excluding carboxylic acids is 1. The molecule has 1 aromatic carbocycles. The van der Waals surface area contributed by atoms with Crippen LogP contribution >= 0.6 is 15.9 Å². The summed E-state index contributed by atoms with van der Waals surface area (Å²) in [5.74, 6) is 0.759. The van der Waals surface area contributed by atoms with Crippen molar-refractivity contribution in [1.82, 2.24) is 25.2 Å². The predicted octanol–water partition coefficient (Wildman–Crippen LogP) is 3.55. The second-order valence-electron chi connectivity index (χ2n) is 6.98. The van der Waals surface area contributed by atoms with Crippen LogP contribution in [0.4, 0.5) is 0 Å². The molecule has 0 radical (unpaired) electrons. The molecule has 0 spiro atoms. The van der Waals surface area contributed by atoms with Crippen molar-refractivity contribution < 1.29 is 9.32 Å². The van der Waals surface area contributed by atoms with E-state index in [1.54, 1.807) is 10.9 Å². The number of nitrogens with one attached hydrogen (secondary N) is 1. The number of aromatic nitrogens is 4. The molecule has 26 heavy (non-hydrogen) atoms. The Bertz CT molecular complexity index is 922. The third-order valence-electron chi connectivity index (χ3n) is 3.84. The van der Waals surface area contributed by atoms with Gasteiger partial charge in [-0.3, -0.25) is 4.79 Å². The largest absolute Gasteiger partial charge is 0.344 e. The zero-order chi connectivity index (χ0) is 18.9. The fourth-order valence-corrected chi connectivity index (χ4v) is 2.62. The lowest BCUT2D eigenvalue weighted by molar-refractivity contribution is 0.0949. The summed E-state index contributed by atoms with van der Waals surface area (Å²) in [4.78, 5) is 16.8. The summed E-state index contributed by atoms with van der Waals surface area (Å²) in [5, 5.41) is 11.0. The topological polar surface area (TPSA) is 85.8 Å². The smallest absolute Gasteiger partial charge is 0.255 e. The maximum absolute atomic E-state index is 12.5. The second-order valence-corrected chi connectivity index (χ2v) is 7.90. The van der Waals surface area contributed by atoms with Crippen LogP contribution in [0.5, 0.6) is 0 Å². The fraction of sp³-hybridized carbons (Fsp3) is 0.333. The molecule has 0 saturated heterocycles. The molecule has 2 heterocycles. The van der Waals surface area contributed by atoms with Crippen LogP contribution in [-0.4, -0.2) is 25.8 Å². The van der Waals surface area contributed by atoms with Crippen molar-refractivity contribution in [3.8, 4) is 5.69 Å². The first-order valence-corrected chi connectivity index (χ1v) is 8.97. The molecule has 0 fully saturated rings. The monoisotopic (exact) mass is 417 g/mol. The number of rotatable bonds is 4. The first-order chi connectivity index (χ1) is 12.3. The highest BCUT2D eigenvalue weighted by Gasteiger charge is 2.22. The molecular formula is C18H20BrN5O2. The standard InChI is InChI=1S/C18H20BrN5O2/c1-11-14(9-21-24(11)13-7-5-12(19)6-8-13)16(25)20-10-15-22-17(26-23-15)18(2,3)4/h5-9H,10H2,1-4H3,(H,20,25). The Morgan fingerprint density at radius 1 is 1.27 bits per heavy atom. The molecule has 0 unspecified atom stereocenters. The Balaban J connectivity index is 1.71. The van der Waals surface area contributed by atoms with Crippen molar-refractivity contribution in [2.45, 2.75) is 39.7 Å². The van der Waals surface area contributed by atoms with Crippen LogP contribution in [0.1, 0.15) is 48.5 Å². The van der Waals surface area contributed by atoms with Crippen LogP contribution in [0, 0.1) is 6.92 Å². The lowest BCUT2D eigenvalue weighted by atomic mass is 9.97. The molecule has 136 valence electrons. The number of halogens is 1. The second kappa shape index (κ2) is 7.03. The predicted molar refractivity (Wildman–Crippen MR) is 100 cm³/mol. The van der Waals surface area contributed by atoms with Gasteiger partial charge in [-0.2, -0.15) is 10.1 Å². The Kier molecular flexibility index (Phi) is 4.95. The molecule has 1 N–H and O–H groups in total. The normalized spacial score (nSPS) is 11.6. The molecule has 8 heteroatoms. The minimum atomic E-state index is -0.229. The highest BCUT2D eigenvalue weighted by atomic mass is 79.9. The molecule has 0 aliphatic rings. The van der Waals surface area contributed by atoms with Gasteiger partial charge in [0.1, 0.15) is 0 Å². The van der Waals surface area contributed by atoms with Crippen molar-refractivity contribution >= 4 is 21.8 Å².